The van der Waals surface area contributed by atoms with Gasteiger partial charge in [0.2, 0.25) is 0 Å². The quantitative estimate of drug-likeness (QED) is 0.252. The Kier molecular flexibility index (Phi) is 12.1. The van der Waals surface area contributed by atoms with Gasteiger partial charge in [-0.25, -0.2) is 0 Å². The molecule has 1 saturated heterocycles. The lowest BCUT2D eigenvalue weighted by atomic mass is 9.98. The second-order valence-corrected chi connectivity index (χ2v) is 9.29. The van der Waals surface area contributed by atoms with Crippen LogP contribution in [0.1, 0.15) is 39.1 Å². The maximum Gasteiger partial charge on any atom is 0.303 e. The van der Waals surface area contributed by atoms with Gasteiger partial charge in [-0.15, -0.1) is 0 Å². The summed E-state index contributed by atoms with van der Waals surface area (Å²) in [5.74, 6) is -2.72. The van der Waals surface area contributed by atoms with Gasteiger partial charge in [-0.05, 0) is 24.3 Å². The maximum absolute atomic E-state index is 12.0. The third kappa shape index (κ3) is 10.5. The van der Waals surface area contributed by atoms with Crippen LogP contribution in [0.15, 0.2) is 48.8 Å². The number of carbonyl (C=O) groups excluding carboxylic acids is 4. The van der Waals surface area contributed by atoms with E-state index in [4.69, 9.17) is 28.4 Å². The van der Waals surface area contributed by atoms with Gasteiger partial charge in [0.05, 0.1) is 18.0 Å². The Hall–Kier alpha value is -3.94. The Morgan fingerprint density at radius 1 is 0.756 bits per heavy atom. The van der Waals surface area contributed by atoms with Crippen LogP contribution in [-0.4, -0.2) is 89.2 Å². The molecule has 1 aliphatic rings. The van der Waals surface area contributed by atoms with Gasteiger partial charge in [0.15, 0.2) is 24.6 Å². The lowest BCUT2D eigenvalue weighted by molar-refractivity contribution is -0.308. The highest BCUT2D eigenvalue weighted by Gasteiger charge is 2.52. The number of nitrogens with zero attached hydrogens (tertiary/aromatic N) is 3. The van der Waals surface area contributed by atoms with Crippen molar-refractivity contribution >= 4 is 23.9 Å². The number of hydrogen-bond donors (Lipinski definition) is 0. The van der Waals surface area contributed by atoms with Crippen LogP contribution in [0.2, 0.25) is 0 Å². The molecule has 0 radical (unpaired) electrons. The second-order valence-electron chi connectivity index (χ2n) is 9.29. The van der Waals surface area contributed by atoms with E-state index in [9.17, 15) is 19.2 Å². The largest absolute Gasteiger partial charge is 0.463 e. The molecule has 13 heteroatoms. The maximum atomic E-state index is 12.0. The molecule has 3 heterocycles. The van der Waals surface area contributed by atoms with Crippen LogP contribution in [0.4, 0.5) is 0 Å². The topological polar surface area (TPSA) is 153 Å². The molecule has 13 nitrogen and oxygen atoms in total. The molecule has 2 aromatic rings. The van der Waals surface area contributed by atoms with Crippen LogP contribution in [0, 0.1) is 0 Å². The van der Waals surface area contributed by atoms with Crippen molar-refractivity contribution in [3.05, 3.63) is 60.2 Å². The van der Waals surface area contributed by atoms with E-state index < -0.39 is 54.6 Å². The van der Waals surface area contributed by atoms with Crippen molar-refractivity contribution in [3.63, 3.8) is 0 Å². The van der Waals surface area contributed by atoms with E-state index in [1.165, 1.54) is 13.8 Å². The molecule has 0 spiro atoms. The van der Waals surface area contributed by atoms with Crippen molar-refractivity contribution in [2.45, 2.75) is 71.5 Å². The normalized spacial score (nSPS) is 22.0. The smallest absolute Gasteiger partial charge is 0.303 e. The van der Waals surface area contributed by atoms with E-state index in [1.54, 1.807) is 12.4 Å². The minimum atomic E-state index is -1.29. The Morgan fingerprint density at radius 2 is 1.29 bits per heavy atom. The number of rotatable bonds is 13. The average Bonchev–Trinajstić information content (AvgIpc) is 2.91. The van der Waals surface area contributed by atoms with E-state index in [2.05, 4.69) is 14.9 Å². The van der Waals surface area contributed by atoms with Crippen LogP contribution in [0.25, 0.3) is 0 Å². The first-order chi connectivity index (χ1) is 19.6. The van der Waals surface area contributed by atoms with E-state index in [-0.39, 0.29) is 13.2 Å². The van der Waals surface area contributed by atoms with E-state index in [1.807, 2.05) is 36.4 Å². The Balaban J connectivity index is 1.81. The molecule has 0 bridgehead atoms. The van der Waals surface area contributed by atoms with Gasteiger partial charge in [-0.3, -0.25) is 34.0 Å². The SMILES string of the molecule is CC(=O)OC[C@H]1O[C@H](OCCN(Cc2ccccn2)Cc2ccccn2)[C@@H](OC(C)=O)[C@@H](OC(C)=O)[C@@H]1OC(C)=O. The lowest BCUT2D eigenvalue weighted by Gasteiger charge is -2.44. The van der Waals surface area contributed by atoms with Gasteiger partial charge in [0.1, 0.15) is 12.7 Å². The monoisotopic (exact) mass is 573 g/mol. The summed E-state index contributed by atoms with van der Waals surface area (Å²) in [6, 6.07) is 11.3. The zero-order chi connectivity index (χ0) is 29.8. The van der Waals surface area contributed by atoms with Crippen LogP contribution in [0.5, 0.6) is 0 Å². The summed E-state index contributed by atoms with van der Waals surface area (Å²) in [5, 5.41) is 0. The fourth-order valence-corrected chi connectivity index (χ4v) is 4.28. The first-order valence-corrected chi connectivity index (χ1v) is 13.1. The number of esters is 4. The number of pyridine rings is 2. The van der Waals surface area contributed by atoms with Crippen LogP contribution >= 0.6 is 0 Å². The van der Waals surface area contributed by atoms with Gasteiger partial charge < -0.3 is 28.4 Å². The third-order valence-electron chi connectivity index (χ3n) is 5.86. The fourth-order valence-electron chi connectivity index (χ4n) is 4.28. The molecule has 1 aliphatic heterocycles. The van der Waals surface area contributed by atoms with Crippen molar-refractivity contribution in [1.29, 1.82) is 0 Å². The van der Waals surface area contributed by atoms with Gasteiger partial charge >= 0.3 is 23.9 Å². The molecule has 0 aliphatic carbocycles. The molecule has 2 aromatic heterocycles. The summed E-state index contributed by atoms with van der Waals surface area (Å²) in [6.07, 6.45) is -2.73. The van der Waals surface area contributed by atoms with Crippen LogP contribution < -0.4 is 0 Å². The van der Waals surface area contributed by atoms with Gasteiger partial charge in [0.25, 0.3) is 0 Å². The van der Waals surface area contributed by atoms with Gasteiger partial charge in [0, 0.05) is 59.7 Å². The number of hydrogen-bond acceptors (Lipinski definition) is 13. The Morgan fingerprint density at radius 3 is 1.78 bits per heavy atom. The van der Waals surface area contributed by atoms with E-state index >= 15 is 0 Å². The first kappa shape index (κ1) is 31.6. The summed E-state index contributed by atoms with van der Waals surface area (Å²) in [7, 11) is 0. The van der Waals surface area contributed by atoms with Crippen molar-refractivity contribution in [3.8, 4) is 0 Å². The molecule has 3 rings (SSSR count). The van der Waals surface area contributed by atoms with E-state index in [0.29, 0.717) is 19.6 Å². The molecular formula is C28H35N3O10. The standard InChI is InChI=1S/C28H35N3O10/c1-18(32)37-17-24-25(38-19(2)33)26(39-20(3)34)27(40-21(4)35)28(41-24)36-14-13-31(15-22-9-5-7-11-29-22)16-23-10-6-8-12-30-23/h5-12,24-28H,13-17H2,1-4H3/t24-,25-,26+,27+,28+/m1/s1. The third-order valence-corrected chi connectivity index (χ3v) is 5.86. The highest BCUT2D eigenvalue weighted by atomic mass is 16.7. The van der Waals surface area contributed by atoms with Crippen molar-refractivity contribution in [2.24, 2.45) is 0 Å². The van der Waals surface area contributed by atoms with Crippen LogP contribution in [0.3, 0.4) is 0 Å². The molecular weight excluding hydrogens is 538 g/mol. The Labute approximate surface area is 238 Å². The first-order valence-electron chi connectivity index (χ1n) is 13.1. The van der Waals surface area contributed by atoms with Crippen molar-refractivity contribution < 1.29 is 47.6 Å². The minimum absolute atomic E-state index is 0.0907. The molecule has 41 heavy (non-hydrogen) atoms. The van der Waals surface area contributed by atoms with E-state index in [0.717, 1.165) is 25.2 Å². The summed E-state index contributed by atoms with van der Waals surface area (Å²) < 4.78 is 33.4. The molecule has 0 unspecified atom stereocenters. The summed E-state index contributed by atoms with van der Waals surface area (Å²) in [5.41, 5.74) is 1.69. The molecule has 1 fully saturated rings. The highest BCUT2D eigenvalue weighted by molar-refractivity contribution is 5.68. The highest BCUT2D eigenvalue weighted by Crippen LogP contribution is 2.30. The number of ether oxygens (including phenoxy) is 6. The van der Waals surface area contributed by atoms with Crippen molar-refractivity contribution in [1.82, 2.24) is 14.9 Å². The average molecular weight is 574 g/mol. The second kappa shape index (κ2) is 15.7. The van der Waals surface area contributed by atoms with Gasteiger partial charge in [-0.1, -0.05) is 12.1 Å². The summed E-state index contributed by atoms with van der Waals surface area (Å²) >= 11 is 0. The molecule has 5 atom stereocenters. The molecule has 222 valence electrons. The fraction of sp³-hybridized carbons (Fsp3) is 0.500. The number of aromatic nitrogens is 2. The molecule has 0 saturated carbocycles. The molecule has 0 amide bonds. The zero-order valence-electron chi connectivity index (χ0n) is 23.5. The zero-order valence-corrected chi connectivity index (χ0v) is 23.5. The summed E-state index contributed by atoms with van der Waals surface area (Å²) in [4.78, 5) is 58.3. The minimum Gasteiger partial charge on any atom is -0.463 e. The molecule has 0 N–H and O–H groups in total. The summed E-state index contributed by atoms with van der Waals surface area (Å²) in [6.45, 7) is 5.86. The lowest BCUT2D eigenvalue weighted by Crippen LogP contribution is -2.63. The number of carbonyl (C=O) groups is 4. The Bertz CT molecular complexity index is 1110. The predicted molar refractivity (Wildman–Crippen MR) is 140 cm³/mol. The van der Waals surface area contributed by atoms with Crippen LogP contribution in [-0.2, 0) is 60.7 Å². The van der Waals surface area contributed by atoms with Crippen molar-refractivity contribution in [2.75, 3.05) is 19.8 Å². The molecule has 0 aromatic carbocycles. The van der Waals surface area contributed by atoms with Gasteiger partial charge in [-0.2, -0.15) is 0 Å². The predicted octanol–water partition coefficient (Wildman–Crippen LogP) is 1.58.